The third-order valence-corrected chi connectivity index (χ3v) is 3.97. The zero-order valence-corrected chi connectivity index (χ0v) is 13.0. The summed E-state index contributed by atoms with van der Waals surface area (Å²) >= 11 is 0. The molecule has 0 saturated carbocycles. The molecular weight excluding hydrogens is 288 g/mol. The minimum Gasteiger partial charge on any atom is -0.493 e. The molecule has 2 heterocycles. The van der Waals surface area contributed by atoms with E-state index in [1.54, 1.807) is 0 Å². The van der Waals surface area contributed by atoms with Crippen LogP contribution in [0, 0.1) is 6.92 Å². The maximum absolute atomic E-state index is 5.55. The van der Waals surface area contributed by atoms with E-state index in [0.717, 1.165) is 48.2 Å². The Balaban J connectivity index is 1.49. The van der Waals surface area contributed by atoms with Gasteiger partial charge < -0.3 is 10.1 Å². The summed E-state index contributed by atoms with van der Waals surface area (Å²) in [7, 11) is 0. The lowest BCUT2D eigenvalue weighted by Crippen LogP contribution is -2.00. The Bertz CT molecular complexity index is 841. The molecule has 1 aromatic heterocycles. The minimum absolute atomic E-state index is 0.723. The van der Waals surface area contributed by atoms with Gasteiger partial charge in [-0.25, -0.2) is 4.98 Å². The molecule has 4 rings (SSSR count). The van der Waals surface area contributed by atoms with Crippen LogP contribution >= 0.6 is 0 Å². The molecule has 0 unspecified atom stereocenters. The molecule has 2 aromatic carbocycles. The molecule has 2 N–H and O–H groups in total. The number of anilines is 1. The molecule has 3 aromatic rings. The van der Waals surface area contributed by atoms with Gasteiger partial charge in [0.25, 0.3) is 0 Å². The average Bonchev–Trinajstić information content (AvgIpc) is 3.21. The van der Waals surface area contributed by atoms with Crippen molar-refractivity contribution in [3.05, 3.63) is 59.4 Å². The van der Waals surface area contributed by atoms with Gasteiger partial charge in [0, 0.05) is 24.2 Å². The Morgan fingerprint density at radius 1 is 1.22 bits per heavy atom. The van der Waals surface area contributed by atoms with Gasteiger partial charge in [-0.05, 0) is 36.2 Å². The molecule has 116 valence electrons. The highest BCUT2D eigenvalue weighted by molar-refractivity contribution is 5.62. The summed E-state index contributed by atoms with van der Waals surface area (Å²) in [5.74, 6) is 2.57. The number of aromatic nitrogens is 3. The monoisotopic (exact) mass is 306 g/mol. The van der Waals surface area contributed by atoms with E-state index in [4.69, 9.17) is 4.74 Å². The van der Waals surface area contributed by atoms with Crippen molar-refractivity contribution in [2.45, 2.75) is 19.9 Å². The number of aromatic amines is 1. The Morgan fingerprint density at radius 3 is 3.04 bits per heavy atom. The number of rotatable bonds is 4. The van der Waals surface area contributed by atoms with Crippen LogP contribution in [-0.4, -0.2) is 21.8 Å². The summed E-state index contributed by atoms with van der Waals surface area (Å²) in [6.07, 6.45) is 1.00. The zero-order valence-electron chi connectivity index (χ0n) is 13.0. The molecule has 0 atom stereocenters. The summed E-state index contributed by atoms with van der Waals surface area (Å²) in [6.45, 7) is 3.48. The van der Waals surface area contributed by atoms with Crippen LogP contribution in [0.5, 0.6) is 5.75 Å². The van der Waals surface area contributed by atoms with Crippen LogP contribution in [0.15, 0.2) is 42.5 Å². The van der Waals surface area contributed by atoms with Crippen LogP contribution in [0.3, 0.4) is 0 Å². The highest BCUT2D eigenvalue weighted by Crippen LogP contribution is 2.26. The van der Waals surface area contributed by atoms with E-state index < -0.39 is 0 Å². The first-order valence-corrected chi connectivity index (χ1v) is 7.76. The Labute approximate surface area is 134 Å². The molecule has 1 aliphatic rings. The first kappa shape index (κ1) is 13.8. The van der Waals surface area contributed by atoms with Gasteiger partial charge in [0.05, 0.1) is 6.61 Å². The van der Waals surface area contributed by atoms with Crippen LogP contribution in [0.2, 0.25) is 0 Å². The van der Waals surface area contributed by atoms with Gasteiger partial charge in [-0.3, -0.25) is 5.10 Å². The Hall–Kier alpha value is -2.82. The second kappa shape index (κ2) is 5.76. The Kier molecular flexibility index (Phi) is 3.46. The smallest absolute Gasteiger partial charge is 0.181 e. The SMILES string of the molecule is Cc1nc(-c2cccc(NCc3ccc4c(c3)CCO4)c2)n[nH]1. The summed E-state index contributed by atoms with van der Waals surface area (Å²) in [5.41, 5.74) is 4.62. The van der Waals surface area contributed by atoms with Crippen molar-refractivity contribution in [1.82, 2.24) is 15.2 Å². The number of nitrogens with zero attached hydrogens (tertiary/aromatic N) is 2. The Morgan fingerprint density at radius 2 is 2.17 bits per heavy atom. The van der Waals surface area contributed by atoms with Gasteiger partial charge in [-0.1, -0.05) is 24.3 Å². The highest BCUT2D eigenvalue weighted by Gasteiger charge is 2.11. The summed E-state index contributed by atoms with van der Waals surface area (Å²) < 4.78 is 5.55. The number of H-pyrrole nitrogens is 1. The summed E-state index contributed by atoms with van der Waals surface area (Å²) in [5, 5.41) is 10.5. The van der Waals surface area contributed by atoms with E-state index in [-0.39, 0.29) is 0 Å². The van der Waals surface area contributed by atoms with Crippen molar-refractivity contribution in [1.29, 1.82) is 0 Å². The largest absolute Gasteiger partial charge is 0.493 e. The maximum atomic E-state index is 5.55. The summed E-state index contributed by atoms with van der Waals surface area (Å²) in [6, 6.07) is 14.5. The summed E-state index contributed by atoms with van der Waals surface area (Å²) in [4.78, 5) is 4.37. The van der Waals surface area contributed by atoms with Gasteiger partial charge in [-0.15, -0.1) is 0 Å². The van der Waals surface area contributed by atoms with Crippen LogP contribution in [-0.2, 0) is 13.0 Å². The number of aryl methyl sites for hydroxylation is 1. The molecule has 1 aliphatic heterocycles. The van der Waals surface area contributed by atoms with Crippen LogP contribution in [0.4, 0.5) is 5.69 Å². The maximum Gasteiger partial charge on any atom is 0.181 e. The second-order valence-electron chi connectivity index (χ2n) is 5.72. The van der Waals surface area contributed by atoms with Gasteiger partial charge in [-0.2, -0.15) is 5.10 Å². The van der Waals surface area contributed by atoms with Gasteiger partial charge in [0.2, 0.25) is 0 Å². The number of benzene rings is 2. The van der Waals surface area contributed by atoms with Crippen molar-refractivity contribution in [2.75, 3.05) is 11.9 Å². The molecule has 0 radical (unpaired) electrons. The molecule has 0 amide bonds. The lowest BCUT2D eigenvalue weighted by Gasteiger charge is -2.09. The number of nitrogens with one attached hydrogen (secondary N) is 2. The fourth-order valence-corrected chi connectivity index (χ4v) is 2.79. The van der Waals surface area contributed by atoms with Crippen molar-refractivity contribution >= 4 is 5.69 Å². The molecule has 5 nitrogen and oxygen atoms in total. The number of hydrogen-bond donors (Lipinski definition) is 2. The lowest BCUT2D eigenvalue weighted by atomic mass is 10.1. The number of fused-ring (bicyclic) bond motifs is 1. The molecule has 0 spiro atoms. The first-order valence-electron chi connectivity index (χ1n) is 7.76. The zero-order chi connectivity index (χ0) is 15.6. The minimum atomic E-state index is 0.723. The molecular formula is C18H18N4O. The normalized spacial score (nSPS) is 12.7. The van der Waals surface area contributed by atoms with E-state index in [0.29, 0.717) is 0 Å². The second-order valence-corrected chi connectivity index (χ2v) is 5.72. The van der Waals surface area contributed by atoms with Gasteiger partial charge in [0.1, 0.15) is 11.6 Å². The van der Waals surface area contributed by atoms with Crippen LogP contribution in [0.1, 0.15) is 17.0 Å². The fraction of sp³-hybridized carbons (Fsp3) is 0.222. The van der Waals surface area contributed by atoms with E-state index in [2.05, 4.69) is 50.8 Å². The van der Waals surface area contributed by atoms with Crippen LogP contribution in [0.25, 0.3) is 11.4 Å². The third-order valence-electron chi connectivity index (χ3n) is 3.97. The van der Waals surface area contributed by atoms with Gasteiger partial charge in [0.15, 0.2) is 5.82 Å². The molecule has 0 bridgehead atoms. The van der Waals surface area contributed by atoms with Gasteiger partial charge >= 0.3 is 0 Å². The van der Waals surface area contributed by atoms with E-state index in [1.165, 1.54) is 11.1 Å². The van der Waals surface area contributed by atoms with Crippen molar-refractivity contribution < 1.29 is 4.74 Å². The van der Waals surface area contributed by atoms with Crippen LogP contribution < -0.4 is 10.1 Å². The quantitative estimate of drug-likeness (QED) is 0.776. The number of ether oxygens (including phenoxy) is 1. The molecule has 0 fully saturated rings. The number of hydrogen-bond acceptors (Lipinski definition) is 4. The van der Waals surface area contributed by atoms with Crippen molar-refractivity contribution in [2.24, 2.45) is 0 Å². The standard InChI is InChI=1S/C18H18N4O/c1-12-20-18(22-21-12)15-3-2-4-16(10-15)19-11-13-5-6-17-14(9-13)7-8-23-17/h2-6,9-10,19H,7-8,11H2,1H3,(H,20,21,22). The first-order chi connectivity index (χ1) is 11.3. The van der Waals surface area contributed by atoms with E-state index >= 15 is 0 Å². The molecule has 5 heteroatoms. The highest BCUT2D eigenvalue weighted by atomic mass is 16.5. The molecule has 23 heavy (non-hydrogen) atoms. The predicted octanol–water partition coefficient (Wildman–Crippen LogP) is 3.33. The average molecular weight is 306 g/mol. The van der Waals surface area contributed by atoms with Crippen molar-refractivity contribution in [3.63, 3.8) is 0 Å². The lowest BCUT2D eigenvalue weighted by molar-refractivity contribution is 0.357. The predicted molar refractivity (Wildman–Crippen MR) is 89.5 cm³/mol. The topological polar surface area (TPSA) is 62.8 Å². The van der Waals surface area contributed by atoms with E-state index in [1.807, 2.05) is 19.1 Å². The third kappa shape index (κ3) is 2.90. The fourth-order valence-electron chi connectivity index (χ4n) is 2.79. The van der Waals surface area contributed by atoms with Crippen molar-refractivity contribution in [3.8, 4) is 17.1 Å². The van der Waals surface area contributed by atoms with E-state index in [9.17, 15) is 0 Å². The molecule has 0 saturated heterocycles. The molecule has 0 aliphatic carbocycles.